The number of rotatable bonds is 6. The molecular weight excluding hydrogens is 240 g/mol. The van der Waals surface area contributed by atoms with Crippen LogP contribution in [0.15, 0.2) is 0 Å². The zero-order chi connectivity index (χ0) is 14.5. The molecule has 0 aliphatic heterocycles. The molecule has 1 fully saturated rings. The van der Waals surface area contributed by atoms with Gasteiger partial charge in [0.15, 0.2) is 0 Å². The molecule has 120 valence electrons. The lowest BCUT2D eigenvalue weighted by Gasteiger charge is -2.35. The summed E-state index contributed by atoms with van der Waals surface area (Å²) >= 11 is 0. The monoisotopic (exact) mass is 280 g/mol. The van der Waals surface area contributed by atoms with Gasteiger partial charge in [0.25, 0.3) is 0 Å². The van der Waals surface area contributed by atoms with Gasteiger partial charge in [-0.15, -0.1) is 0 Å². The smallest absolute Gasteiger partial charge is 0.0297 e. The molecule has 0 atom stereocenters. The molecule has 0 N–H and O–H groups in total. The molecule has 0 nitrogen and oxygen atoms in total. The molecule has 0 bridgehead atoms. The highest BCUT2D eigenvalue weighted by Gasteiger charge is 2.27. The summed E-state index contributed by atoms with van der Waals surface area (Å²) in [6.07, 6.45) is 25.3. The van der Waals surface area contributed by atoms with Crippen molar-refractivity contribution in [3.8, 4) is 0 Å². The highest BCUT2D eigenvalue weighted by atomic mass is 14.3. The van der Waals surface area contributed by atoms with Crippen LogP contribution in [0.1, 0.15) is 123 Å². The van der Waals surface area contributed by atoms with Crippen molar-refractivity contribution in [3.63, 3.8) is 0 Å². The van der Waals surface area contributed by atoms with Gasteiger partial charge in [0, 0.05) is 0 Å². The zero-order valence-electron chi connectivity index (χ0n) is 14.5. The quantitative estimate of drug-likeness (QED) is 0.468. The highest BCUT2D eigenvalue weighted by molar-refractivity contribution is 4.80. The summed E-state index contributed by atoms with van der Waals surface area (Å²) in [6, 6.07) is 0. The molecule has 1 rings (SSSR count). The van der Waals surface area contributed by atoms with Gasteiger partial charge >= 0.3 is 0 Å². The molecule has 0 unspecified atom stereocenters. The molecule has 0 heteroatoms. The van der Waals surface area contributed by atoms with Crippen LogP contribution in [0.4, 0.5) is 0 Å². The van der Waals surface area contributed by atoms with Gasteiger partial charge in [-0.1, -0.05) is 97.3 Å². The predicted molar refractivity (Wildman–Crippen MR) is 92.3 cm³/mol. The predicted octanol–water partition coefficient (Wildman–Crippen LogP) is 7.66. The van der Waals surface area contributed by atoms with E-state index in [-0.39, 0.29) is 0 Å². The summed E-state index contributed by atoms with van der Waals surface area (Å²) in [5.41, 5.74) is 0.727. The maximum absolute atomic E-state index is 2.36. The third kappa shape index (κ3) is 7.70. The van der Waals surface area contributed by atoms with Gasteiger partial charge in [0.2, 0.25) is 0 Å². The number of hydrogen-bond donors (Lipinski definition) is 0. The van der Waals surface area contributed by atoms with E-state index < -0.39 is 0 Å². The molecule has 20 heavy (non-hydrogen) atoms. The summed E-state index contributed by atoms with van der Waals surface area (Å²) in [5.74, 6) is 0. The second-order valence-corrected chi connectivity index (χ2v) is 7.39. The molecule has 0 aromatic rings. The van der Waals surface area contributed by atoms with Crippen LogP contribution < -0.4 is 0 Å². The van der Waals surface area contributed by atoms with Crippen LogP contribution in [0, 0.1) is 5.41 Å². The molecule has 1 aliphatic rings. The standard InChI is InChI=1S/C20H40/c1-3-5-16-20(17-6-4-2)18-14-12-10-8-7-9-11-13-15-19-20/h3-19H2,1-2H3. The second-order valence-electron chi connectivity index (χ2n) is 7.39. The molecule has 0 radical (unpaired) electrons. The maximum Gasteiger partial charge on any atom is -0.0297 e. The van der Waals surface area contributed by atoms with E-state index in [1.165, 1.54) is 109 Å². The molecule has 0 amide bonds. The Balaban J connectivity index is 2.55. The van der Waals surface area contributed by atoms with Crippen LogP contribution in [0.25, 0.3) is 0 Å². The molecule has 0 aromatic heterocycles. The normalized spacial score (nSPS) is 21.9. The van der Waals surface area contributed by atoms with Crippen molar-refractivity contribution < 1.29 is 0 Å². The summed E-state index contributed by atoms with van der Waals surface area (Å²) in [4.78, 5) is 0. The first kappa shape index (κ1) is 18.1. The lowest BCUT2D eigenvalue weighted by molar-refractivity contribution is 0.173. The van der Waals surface area contributed by atoms with Crippen molar-refractivity contribution in [3.05, 3.63) is 0 Å². The van der Waals surface area contributed by atoms with Gasteiger partial charge in [-0.2, -0.15) is 0 Å². The van der Waals surface area contributed by atoms with E-state index in [4.69, 9.17) is 0 Å². The molecule has 0 spiro atoms. The summed E-state index contributed by atoms with van der Waals surface area (Å²) < 4.78 is 0. The van der Waals surface area contributed by atoms with Crippen molar-refractivity contribution in [2.75, 3.05) is 0 Å². The van der Waals surface area contributed by atoms with E-state index in [0.29, 0.717) is 0 Å². The fourth-order valence-electron chi connectivity index (χ4n) is 4.09. The molecule has 1 saturated carbocycles. The van der Waals surface area contributed by atoms with E-state index in [1.807, 2.05) is 0 Å². The van der Waals surface area contributed by atoms with Gasteiger partial charge in [-0.25, -0.2) is 0 Å². The van der Waals surface area contributed by atoms with Crippen molar-refractivity contribution in [2.45, 2.75) is 123 Å². The summed E-state index contributed by atoms with van der Waals surface area (Å²) in [6.45, 7) is 4.73. The van der Waals surface area contributed by atoms with Crippen LogP contribution in [0.5, 0.6) is 0 Å². The van der Waals surface area contributed by atoms with Gasteiger partial charge in [-0.3, -0.25) is 0 Å². The Morgan fingerprint density at radius 3 is 1.25 bits per heavy atom. The lowest BCUT2D eigenvalue weighted by Crippen LogP contribution is -2.21. The van der Waals surface area contributed by atoms with Crippen LogP contribution in [-0.2, 0) is 0 Å². The Morgan fingerprint density at radius 2 is 0.900 bits per heavy atom. The molecular formula is C20H40. The van der Waals surface area contributed by atoms with Crippen molar-refractivity contribution >= 4 is 0 Å². The highest BCUT2D eigenvalue weighted by Crippen LogP contribution is 2.41. The maximum atomic E-state index is 2.36. The van der Waals surface area contributed by atoms with E-state index >= 15 is 0 Å². The van der Waals surface area contributed by atoms with Crippen LogP contribution in [0.2, 0.25) is 0 Å². The van der Waals surface area contributed by atoms with Gasteiger partial charge in [0.05, 0.1) is 0 Å². The van der Waals surface area contributed by atoms with Crippen LogP contribution in [0.3, 0.4) is 0 Å². The average molecular weight is 281 g/mol. The first-order chi connectivity index (χ1) is 9.83. The van der Waals surface area contributed by atoms with Crippen molar-refractivity contribution in [1.82, 2.24) is 0 Å². The first-order valence-corrected chi connectivity index (χ1v) is 9.83. The van der Waals surface area contributed by atoms with E-state index in [0.717, 1.165) is 5.41 Å². The van der Waals surface area contributed by atoms with Gasteiger partial charge < -0.3 is 0 Å². The van der Waals surface area contributed by atoms with Crippen LogP contribution >= 0.6 is 0 Å². The topological polar surface area (TPSA) is 0 Å². The third-order valence-electron chi connectivity index (χ3n) is 5.54. The molecule has 0 heterocycles. The summed E-state index contributed by atoms with van der Waals surface area (Å²) in [5, 5.41) is 0. The Kier molecular flexibility index (Phi) is 10.5. The minimum Gasteiger partial charge on any atom is -0.0654 e. The largest absolute Gasteiger partial charge is 0.0654 e. The summed E-state index contributed by atoms with van der Waals surface area (Å²) in [7, 11) is 0. The Bertz CT molecular complexity index is 184. The third-order valence-corrected chi connectivity index (χ3v) is 5.54. The molecule has 1 aliphatic carbocycles. The molecule has 0 aromatic carbocycles. The lowest BCUT2D eigenvalue weighted by atomic mass is 9.71. The van der Waals surface area contributed by atoms with Crippen molar-refractivity contribution in [1.29, 1.82) is 0 Å². The fourth-order valence-corrected chi connectivity index (χ4v) is 4.09. The van der Waals surface area contributed by atoms with Crippen molar-refractivity contribution in [2.24, 2.45) is 5.41 Å². The van der Waals surface area contributed by atoms with Gasteiger partial charge in [-0.05, 0) is 31.1 Å². The fraction of sp³-hybridized carbons (Fsp3) is 1.00. The van der Waals surface area contributed by atoms with E-state index in [1.54, 1.807) is 0 Å². The minimum atomic E-state index is 0.727. The van der Waals surface area contributed by atoms with Crippen LogP contribution in [-0.4, -0.2) is 0 Å². The van der Waals surface area contributed by atoms with E-state index in [2.05, 4.69) is 13.8 Å². The number of unbranched alkanes of at least 4 members (excludes halogenated alkanes) is 2. The Morgan fingerprint density at radius 1 is 0.550 bits per heavy atom. The second kappa shape index (κ2) is 11.6. The van der Waals surface area contributed by atoms with Gasteiger partial charge in [0.1, 0.15) is 0 Å². The first-order valence-electron chi connectivity index (χ1n) is 9.83. The Hall–Kier alpha value is 0. The Labute approximate surface area is 129 Å². The number of hydrogen-bond acceptors (Lipinski definition) is 0. The SMILES string of the molecule is CCCCC1(CCCC)CCCCCCCCCCC1. The molecule has 0 saturated heterocycles. The average Bonchev–Trinajstić information content (AvgIpc) is 2.46. The minimum absolute atomic E-state index is 0.727. The van der Waals surface area contributed by atoms with E-state index in [9.17, 15) is 0 Å². The zero-order valence-corrected chi connectivity index (χ0v) is 14.5.